The molecule has 0 rings (SSSR count). The lowest BCUT2D eigenvalue weighted by molar-refractivity contribution is -0.228. The molecule has 27 heavy (non-hydrogen) atoms. The molecule has 0 bridgehead atoms. The Bertz CT molecular complexity index is 376. The summed E-state index contributed by atoms with van der Waals surface area (Å²) in [5, 5.41) is 1.16. The summed E-state index contributed by atoms with van der Waals surface area (Å²) in [4.78, 5) is 28.9. The van der Waals surface area contributed by atoms with Gasteiger partial charge in [-0.3, -0.25) is 14.4 Å². The van der Waals surface area contributed by atoms with E-state index in [-0.39, 0.29) is 5.78 Å². The van der Waals surface area contributed by atoms with E-state index < -0.39 is 11.6 Å². The first-order valence-corrected chi connectivity index (χ1v) is 11.3. The van der Waals surface area contributed by atoms with Crippen molar-refractivity contribution in [3.05, 3.63) is 0 Å². The lowest BCUT2D eigenvalue weighted by atomic mass is 10.0. The summed E-state index contributed by atoms with van der Waals surface area (Å²) >= 11 is 0. The summed E-state index contributed by atoms with van der Waals surface area (Å²) in [6, 6.07) is -0.515. The molecule has 0 radical (unpaired) electrons. The van der Waals surface area contributed by atoms with Crippen LogP contribution in [0, 0.1) is 0 Å². The predicted molar refractivity (Wildman–Crippen MR) is 114 cm³/mol. The molecule has 0 aliphatic heterocycles. The highest BCUT2D eigenvalue weighted by atomic mass is 16.7. The summed E-state index contributed by atoms with van der Waals surface area (Å²) in [6.07, 6.45) is 18.0. The Balaban J connectivity index is 3.61. The average molecular weight is 384 g/mol. The van der Waals surface area contributed by atoms with Crippen LogP contribution >= 0.6 is 0 Å². The molecule has 0 spiro atoms. The minimum absolute atomic E-state index is 0.0782. The van der Waals surface area contributed by atoms with E-state index in [2.05, 4.69) is 6.92 Å². The van der Waals surface area contributed by atoms with E-state index >= 15 is 0 Å². The van der Waals surface area contributed by atoms with Gasteiger partial charge in [0.15, 0.2) is 5.78 Å². The van der Waals surface area contributed by atoms with Gasteiger partial charge in [0.1, 0.15) is 6.04 Å². The smallest absolute Gasteiger partial charge is 0.234 e. The van der Waals surface area contributed by atoms with E-state index in [9.17, 15) is 9.59 Å². The average Bonchev–Trinajstić information content (AvgIpc) is 2.62. The molecule has 1 atom stereocenters. The molecule has 0 fully saturated rings. The minimum atomic E-state index is -0.515. The van der Waals surface area contributed by atoms with Crippen LogP contribution in [0.15, 0.2) is 0 Å². The molecule has 0 saturated heterocycles. The van der Waals surface area contributed by atoms with Gasteiger partial charge in [0.25, 0.3) is 0 Å². The molecule has 1 amide bonds. The van der Waals surface area contributed by atoms with Crippen LogP contribution in [0.25, 0.3) is 0 Å². The maximum atomic E-state index is 12.3. The molecule has 0 aromatic rings. The van der Waals surface area contributed by atoms with Crippen LogP contribution in [0.3, 0.4) is 0 Å². The molecule has 0 unspecified atom stereocenters. The second-order valence-electron chi connectivity index (χ2n) is 8.80. The Hall–Kier alpha value is -0.900. The molecule has 0 aromatic heterocycles. The number of carbonyl (C=O) groups is 2. The summed E-state index contributed by atoms with van der Waals surface area (Å²) in [6.45, 7) is 9.61. The highest BCUT2D eigenvalue weighted by Gasteiger charge is 2.25. The van der Waals surface area contributed by atoms with Crippen LogP contribution in [0.1, 0.15) is 125 Å². The van der Waals surface area contributed by atoms with Crippen molar-refractivity contribution in [2.75, 3.05) is 0 Å². The van der Waals surface area contributed by atoms with Crippen LogP contribution in [-0.4, -0.2) is 28.9 Å². The number of Topliss-reactive ketones (excluding diaryl/α,β-unsaturated/α-hetero) is 1. The fraction of sp³-hybridized carbons (Fsp3) is 0.913. The largest absolute Gasteiger partial charge is 0.297 e. The van der Waals surface area contributed by atoms with Gasteiger partial charge in [0, 0.05) is 6.42 Å². The fourth-order valence-electron chi connectivity index (χ4n) is 3.18. The van der Waals surface area contributed by atoms with Crippen molar-refractivity contribution >= 4 is 12.2 Å². The Morgan fingerprint density at radius 3 is 1.63 bits per heavy atom. The van der Waals surface area contributed by atoms with Gasteiger partial charge in [-0.1, -0.05) is 84.0 Å². The van der Waals surface area contributed by atoms with Gasteiger partial charge in [-0.2, -0.15) is 0 Å². The molecule has 0 aliphatic rings. The van der Waals surface area contributed by atoms with E-state index in [1.165, 1.54) is 70.6 Å². The SMILES string of the molecule is CCCCCCCCCCCCCCCC(=O)[C@@H](C)N(C=O)OC(C)(C)C. The maximum absolute atomic E-state index is 12.3. The molecular formula is C23H45NO3. The monoisotopic (exact) mass is 383 g/mol. The van der Waals surface area contributed by atoms with Gasteiger partial charge in [-0.15, -0.1) is 0 Å². The zero-order valence-corrected chi connectivity index (χ0v) is 18.7. The lowest BCUT2D eigenvalue weighted by Gasteiger charge is -2.30. The van der Waals surface area contributed by atoms with Crippen molar-refractivity contribution in [1.82, 2.24) is 5.06 Å². The first-order valence-electron chi connectivity index (χ1n) is 11.3. The van der Waals surface area contributed by atoms with Gasteiger partial charge in [0.05, 0.1) is 5.60 Å². The van der Waals surface area contributed by atoms with E-state index in [4.69, 9.17) is 4.84 Å². The van der Waals surface area contributed by atoms with E-state index in [1.54, 1.807) is 6.92 Å². The molecule has 160 valence electrons. The standard InChI is InChI=1S/C23H45NO3/c1-6-7-8-9-10-11-12-13-14-15-16-17-18-19-22(26)21(2)24(20-25)27-23(3,4)5/h20-21H,6-19H2,1-5H3/t21-/m1/s1. The first-order chi connectivity index (χ1) is 12.8. The molecule has 0 saturated carbocycles. The Morgan fingerprint density at radius 2 is 1.26 bits per heavy atom. The summed E-state index contributed by atoms with van der Waals surface area (Å²) in [5.74, 6) is 0.0782. The zero-order chi connectivity index (χ0) is 20.5. The summed E-state index contributed by atoms with van der Waals surface area (Å²) in [7, 11) is 0. The topological polar surface area (TPSA) is 46.6 Å². The number of ketones is 1. The second-order valence-corrected chi connectivity index (χ2v) is 8.80. The number of hydrogen-bond acceptors (Lipinski definition) is 3. The molecule has 0 aliphatic carbocycles. The van der Waals surface area contributed by atoms with Crippen molar-refractivity contribution < 1.29 is 14.4 Å². The van der Waals surface area contributed by atoms with Crippen LogP contribution in [0.5, 0.6) is 0 Å². The van der Waals surface area contributed by atoms with Crippen LogP contribution in [0.4, 0.5) is 0 Å². The van der Waals surface area contributed by atoms with E-state index in [1.807, 2.05) is 20.8 Å². The second kappa shape index (κ2) is 16.1. The van der Waals surface area contributed by atoms with Gasteiger partial charge >= 0.3 is 0 Å². The number of rotatable bonds is 18. The van der Waals surface area contributed by atoms with Crippen LogP contribution in [0.2, 0.25) is 0 Å². The quantitative estimate of drug-likeness (QED) is 0.152. The normalized spacial score (nSPS) is 12.8. The van der Waals surface area contributed by atoms with Crippen molar-refractivity contribution in [2.45, 2.75) is 136 Å². The molecule has 4 nitrogen and oxygen atoms in total. The molecule has 4 heteroatoms. The van der Waals surface area contributed by atoms with Gasteiger partial charge in [-0.05, 0) is 34.1 Å². The number of hydroxylamine groups is 2. The van der Waals surface area contributed by atoms with Crippen molar-refractivity contribution in [3.63, 3.8) is 0 Å². The first kappa shape index (κ1) is 26.1. The van der Waals surface area contributed by atoms with Crippen LogP contribution < -0.4 is 0 Å². The molecule has 0 N–H and O–H groups in total. The third-order valence-corrected chi connectivity index (χ3v) is 4.86. The van der Waals surface area contributed by atoms with Crippen molar-refractivity contribution in [2.24, 2.45) is 0 Å². The highest BCUT2D eigenvalue weighted by molar-refractivity contribution is 5.84. The number of amides is 1. The summed E-state index contributed by atoms with van der Waals surface area (Å²) in [5.41, 5.74) is -0.481. The Labute approximate surface area is 168 Å². The van der Waals surface area contributed by atoms with Gasteiger partial charge in [0.2, 0.25) is 6.41 Å². The molecule has 0 heterocycles. The lowest BCUT2D eigenvalue weighted by Crippen LogP contribution is -2.42. The van der Waals surface area contributed by atoms with Gasteiger partial charge in [-0.25, -0.2) is 5.06 Å². The van der Waals surface area contributed by atoms with Gasteiger partial charge < -0.3 is 0 Å². The predicted octanol–water partition coefficient (Wildman–Crippen LogP) is 6.61. The van der Waals surface area contributed by atoms with E-state index in [0.717, 1.165) is 17.9 Å². The number of nitrogens with zero attached hydrogens (tertiary/aromatic N) is 1. The number of hydrogen-bond donors (Lipinski definition) is 0. The minimum Gasteiger partial charge on any atom is -0.297 e. The van der Waals surface area contributed by atoms with Crippen molar-refractivity contribution in [1.29, 1.82) is 0 Å². The Morgan fingerprint density at radius 1 is 0.852 bits per heavy atom. The molecular weight excluding hydrogens is 338 g/mol. The third-order valence-electron chi connectivity index (χ3n) is 4.86. The highest BCUT2D eigenvalue weighted by Crippen LogP contribution is 2.15. The molecule has 0 aromatic carbocycles. The number of unbranched alkanes of at least 4 members (excludes halogenated alkanes) is 12. The maximum Gasteiger partial charge on any atom is 0.234 e. The third kappa shape index (κ3) is 15.8. The van der Waals surface area contributed by atoms with Crippen molar-refractivity contribution in [3.8, 4) is 0 Å². The Kier molecular flexibility index (Phi) is 15.6. The van der Waals surface area contributed by atoms with E-state index in [0.29, 0.717) is 12.8 Å². The fourth-order valence-corrected chi connectivity index (χ4v) is 3.18. The summed E-state index contributed by atoms with van der Waals surface area (Å²) < 4.78 is 0. The van der Waals surface area contributed by atoms with Crippen LogP contribution in [-0.2, 0) is 14.4 Å². The zero-order valence-electron chi connectivity index (χ0n) is 18.7. The number of carbonyl (C=O) groups excluding carboxylic acids is 2.